The van der Waals surface area contributed by atoms with Gasteiger partial charge < -0.3 is 9.73 Å². The van der Waals surface area contributed by atoms with Gasteiger partial charge >= 0.3 is 0 Å². The predicted molar refractivity (Wildman–Crippen MR) is 194 cm³/mol. The molecule has 1 atom stereocenters. The van der Waals surface area contributed by atoms with E-state index in [1.54, 1.807) is 0 Å². The van der Waals surface area contributed by atoms with Gasteiger partial charge in [-0.2, -0.15) is 0 Å². The Labute approximate surface area is 272 Å². The summed E-state index contributed by atoms with van der Waals surface area (Å²) in [6, 6.07) is 56.9. The first-order valence-corrected chi connectivity index (χ1v) is 15.9. The second-order valence-corrected chi connectivity index (χ2v) is 11.8. The van der Waals surface area contributed by atoms with Crippen molar-refractivity contribution in [3.8, 4) is 22.3 Å². The van der Waals surface area contributed by atoms with Crippen molar-refractivity contribution in [3.05, 3.63) is 180 Å². The topological polar surface area (TPSA) is 49.9 Å². The SMILES string of the molecule is c1ccc(C2=NC(c3cccc4oc5cc(-c6ccc(-c7ccccc7)c7ccccc67)ccc5c34)=NC(c3ccccc3)N2)cc1. The molecule has 0 saturated carbocycles. The van der Waals surface area contributed by atoms with E-state index in [0.717, 1.165) is 50.0 Å². The summed E-state index contributed by atoms with van der Waals surface area (Å²) in [5.41, 5.74) is 9.41. The number of nitrogens with one attached hydrogen (secondary N) is 1. The van der Waals surface area contributed by atoms with E-state index < -0.39 is 0 Å². The van der Waals surface area contributed by atoms with E-state index in [-0.39, 0.29) is 6.17 Å². The summed E-state index contributed by atoms with van der Waals surface area (Å²) in [5, 5.41) is 8.06. The van der Waals surface area contributed by atoms with Gasteiger partial charge in [0.05, 0.1) is 0 Å². The molecule has 47 heavy (non-hydrogen) atoms. The van der Waals surface area contributed by atoms with Crippen molar-refractivity contribution >= 4 is 44.4 Å². The van der Waals surface area contributed by atoms with Crippen LogP contribution < -0.4 is 5.32 Å². The smallest absolute Gasteiger partial charge is 0.160 e. The van der Waals surface area contributed by atoms with Crippen molar-refractivity contribution in [3.63, 3.8) is 0 Å². The normalized spacial score (nSPS) is 14.6. The first kappa shape index (κ1) is 27.1. The molecule has 1 aliphatic heterocycles. The van der Waals surface area contributed by atoms with E-state index in [1.165, 1.54) is 27.5 Å². The average Bonchev–Trinajstić information content (AvgIpc) is 3.53. The van der Waals surface area contributed by atoms with Crippen LogP contribution >= 0.6 is 0 Å². The third-order valence-corrected chi connectivity index (χ3v) is 8.96. The van der Waals surface area contributed by atoms with E-state index in [0.29, 0.717) is 5.84 Å². The van der Waals surface area contributed by atoms with Gasteiger partial charge in [-0.1, -0.05) is 146 Å². The highest BCUT2D eigenvalue weighted by molar-refractivity contribution is 6.22. The summed E-state index contributed by atoms with van der Waals surface area (Å²) >= 11 is 0. The predicted octanol–water partition coefficient (Wildman–Crippen LogP) is 10.6. The van der Waals surface area contributed by atoms with Gasteiger partial charge in [0.15, 0.2) is 5.84 Å². The van der Waals surface area contributed by atoms with E-state index in [2.05, 4.69) is 121 Å². The molecule has 222 valence electrons. The van der Waals surface area contributed by atoms with Crippen LogP contribution in [0.15, 0.2) is 178 Å². The molecule has 2 heterocycles. The highest BCUT2D eigenvalue weighted by Crippen LogP contribution is 2.39. The molecular formula is C43H29N3O. The summed E-state index contributed by atoms with van der Waals surface area (Å²) < 4.78 is 6.56. The fourth-order valence-corrected chi connectivity index (χ4v) is 6.72. The second-order valence-electron chi connectivity index (χ2n) is 11.8. The Kier molecular flexibility index (Phi) is 6.50. The number of rotatable bonds is 5. The van der Waals surface area contributed by atoms with Crippen LogP contribution in [0.25, 0.3) is 55.0 Å². The summed E-state index contributed by atoms with van der Waals surface area (Å²) in [7, 11) is 0. The van der Waals surface area contributed by atoms with Crippen molar-refractivity contribution in [2.24, 2.45) is 9.98 Å². The molecule has 8 aromatic rings. The minimum absolute atomic E-state index is 0.272. The van der Waals surface area contributed by atoms with Crippen LogP contribution in [0.5, 0.6) is 0 Å². The van der Waals surface area contributed by atoms with Gasteiger partial charge in [0.2, 0.25) is 0 Å². The van der Waals surface area contributed by atoms with Crippen molar-refractivity contribution < 1.29 is 4.42 Å². The molecule has 1 aliphatic rings. The zero-order valence-electron chi connectivity index (χ0n) is 25.5. The highest BCUT2D eigenvalue weighted by atomic mass is 16.3. The number of nitrogens with zero attached hydrogens (tertiary/aromatic N) is 2. The summed E-state index contributed by atoms with van der Waals surface area (Å²) in [4.78, 5) is 10.2. The summed E-state index contributed by atoms with van der Waals surface area (Å²) in [6.07, 6.45) is -0.272. The Balaban J connectivity index is 1.19. The van der Waals surface area contributed by atoms with Crippen LogP contribution in [0, 0.1) is 0 Å². The molecular weight excluding hydrogens is 574 g/mol. The molecule has 4 heteroatoms. The van der Waals surface area contributed by atoms with Crippen LogP contribution in [0.2, 0.25) is 0 Å². The first-order valence-electron chi connectivity index (χ1n) is 15.9. The van der Waals surface area contributed by atoms with Crippen LogP contribution in [-0.2, 0) is 0 Å². The number of hydrogen-bond acceptors (Lipinski definition) is 4. The first-order chi connectivity index (χ1) is 23.3. The Bertz CT molecular complexity index is 2480. The molecule has 0 spiro atoms. The van der Waals surface area contributed by atoms with Gasteiger partial charge in [-0.25, -0.2) is 9.98 Å². The lowest BCUT2D eigenvalue weighted by Gasteiger charge is -2.23. The number of benzene rings is 7. The van der Waals surface area contributed by atoms with Gasteiger partial charge in [0.1, 0.15) is 23.2 Å². The minimum atomic E-state index is -0.272. The molecule has 0 amide bonds. The molecule has 0 radical (unpaired) electrons. The quantitative estimate of drug-likeness (QED) is 0.213. The number of furan rings is 1. The van der Waals surface area contributed by atoms with E-state index in [4.69, 9.17) is 14.4 Å². The molecule has 9 rings (SSSR count). The lowest BCUT2D eigenvalue weighted by molar-refractivity contribution is 0.668. The fourth-order valence-electron chi connectivity index (χ4n) is 6.72. The van der Waals surface area contributed by atoms with E-state index >= 15 is 0 Å². The number of aliphatic imine (C=N–C) groups is 2. The van der Waals surface area contributed by atoms with Crippen LogP contribution in [0.3, 0.4) is 0 Å². The molecule has 1 unspecified atom stereocenters. The zero-order valence-corrected chi connectivity index (χ0v) is 25.5. The maximum atomic E-state index is 6.56. The molecule has 1 aromatic heterocycles. The molecule has 7 aromatic carbocycles. The van der Waals surface area contributed by atoms with Gasteiger partial charge in [-0.3, -0.25) is 0 Å². The Morgan fingerprint density at radius 3 is 1.83 bits per heavy atom. The number of amidine groups is 2. The third-order valence-electron chi connectivity index (χ3n) is 8.96. The maximum absolute atomic E-state index is 6.56. The monoisotopic (exact) mass is 603 g/mol. The molecule has 0 bridgehead atoms. The Hall–Kier alpha value is -6.26. The van der Waals surface area contributed by atoms with Crippen LogP contribution in [-0.4, -0.2) is 11.7 Å². The molecule has 4 nitrogen and oxygen atoms in total. The van der Waals surface area contributed by atoms with Crippen molar-refractivity contribution in [2.45, 2.75) is 6.17 Å². The summed E-state index contributed by atoms with van der Waals surface area (Å²) in [6.45, 7) is 0. The average molecular weight is 604 g/mol. The molecule has 1 N–H and O–H groups in total. The molecule has 0 saturated heterocycles. The third kappa shape index (κ3) is 4.79. The van der Waals surface area contributed by atoms with Crippen LogP contribution in [0.1, 0.15) is 22.9 Å². The van der Waals surface area contributed by atoms with Gasteiger partial charge in [0.25, 0.3) is 0 Å². The molecule has 0 aliphatic carbocycles. The molecule has 0 fully saturated rings. The lowest BCUT2D eigenvalue weighted by atomic mass is 9.92. The van der Waals surface area contributed by atoms with E-state index in [1.807, 2.05) is 48.5 Å². The standard InChI is InChI=1S/C43H29N3O/c1-4-13-28(14-5-1)32-25-26-33(35-20-11-10-19-34(32)35)31-23-24-36-39(27-31)47-38-22-12-21-37(40(36)38)43-45-41(29-15-6-2-7-16-29)44-42(46-43)30-17-8-3-9-18-30/h1-27,41H,(H,44,45,46). The van der Waals surface area contributed by atoms with Crippen molar-refractivity contribution in [2.75, 3.05) is 0 Å². The Morgan fingerprint density at radius 1 is 0.468 bits per heavy atom. The Morgan fingerprint density at radius 2 is 1.11 bits per heavy atom. The minimum Gasteiger partial charge on any atom is -0.456 e. The van der Waals surface area contributed by atoms with Crippen LogP contribution in [0.4, 0.5) is 0 Å². The van der Waals surface area contributed by atoms with E-state index in [9.17, 15) is 0 Å². The number of fused-ring (bicyclic) bond motifs is 4. The summed E-state index contributed by atoms with van der Waals surface area (Å²) in [5.74, 6) is 1.47. The lowest BCUT2D eigenvalue weighted by Crippen LogP contribution is -2.33. The number of hydrogen-bond donors (Lipinski definition) is 1. The second kappa shape index (κ2) is 11.3. The largest absolute Gasteiger partial charge is 0.456 e. The maximum Gasteiger partial charge on any atom is 0.160 e. The van der Waals surface area contributed by atoms with Crippen molar-refractivity contribution in [1.29, 1.82) is 0 Å². The zero-order chi connectivity index (χ0) is 31.2. The highest BCUT2D eigenvalue weighted by Gasteiger charge is 2.23. The fraction of sp³-hybridized carbons (Fsp3) is 0.0233. The van der Waals surface area contributed by atoms with Crippen molar-refractivity contribution in [1.82, 2.24) is 5.32 Å². The van der Waals surface area contributed by atoms with Gasteiger partial charge in [0, 0.05) is 21.9 Å². The van der Waals surface area contributed by atoms with Gasteiger partial charge in [-0.15, -0.1) is 0 Å². The van der Waals surface area contributed by atoms with Gasteiger partial charge in [-0.05, 0) is 56.8 Å².